The Balaban J connectivity index is 0.000000256. The van der Waals surface area contributed by atoms with Gasteiger partial charge in [-0.3, -0.25) is 9.80 Å². The Bertz CT molecular complexity index is 2290. The van der Waals surface area contributed by atoms with E-state index in [9.17, 15) is 14.7 Å². The molecule has 2 aliphatic heterocycles. The second-order valence-electron chi connectivity index (χ2n) is 21.1. The number of carbonyl (C=O) groups is 2. The normalized spacial score (nSPS) is 17.2. The van der Waals surface area contributed by atoms with Gasteiger partial charge in [-0.05, 0) is 112 Å². The van der Waals surface area contributed by atoms with Crippen LogP contribution in [-0.2, 0) is 13.9 Å². The number of hydrogen-bond acceptors (Lipinski definition) is 12. The molecule has 2 saturated heterocycles. The van der Waals surface area contributed by atoms with Gasteiger partial charge >= 0.3 is 12.2 Å². The first-order valence-corrected chi connectivity index (χ1v) is 26.2. The van der Waals surface area contributed by atoms with Crippen molar-refractivity contribution in [3.8, 4) is 23.1 Å². The molecule has 0 radical (unpaired) electrons. The third-order valence-electron chi connectivity index (χ3n) is 12.7. The van der Waals surface area contributed by atoms with E-state index in [0.29, 0.717) is 51.6 Å². The smallest absolute Gasteiger partial charge is 0.410 e. The van der Waals surface area contributed by atoms with Crippen LogP contribution >= 0.6 is 0 Å². The summed E-state index contributed by atoms with van der Waals surface area (Å²) in [7, 11) is 1.32. The Morgan fingerprint density at radius 1 is 0.642 bits per heavy atom. The molecule has 16 nitrogen and oxygen atoms in total. The summed E-state index contributed by atoms with van der Waals surface area (Å²) in [5, 5.41) is 9.98. The SMILES string of the molecule is COc1cc(-n2c(C)ccc2C)ncc1N1CCN(C(=O)OC(C)(C)C)[C@@H](CO)C1.COc1cc(-n2c(C)ccc2C)ncc1N1CCN(C(=O)OC(C)(C)C)[C@@H](CO[Si](C)(C)C(C)(C)C)C1. The first-order valence-electron chi connectivity index (χ1n) is 23.3. The van der Waals surface area contributed by atoms with E-state index in [1.807, 2.05) is 78.6 Å². The highest BCUT2D eigenvalue weighted by Crippen LogP contribution is 2.38. The van der Waals surface area contributed by atoms with Crippen LogP contribution in [-0.4, -0.2) is 145 Å². The fourth-order valence-electron chi connectivity index (χ4n) is 8.03. The number of aliphatic hydroxyl groups excluding tert-OH is 1. The summed E-state index contributed by atoms with van der Waals surface area (Å²) in [4.78, 5) is 42.9. The van der Waals surface area contributed by atoms with Crippen LogP contribution < -0.4 is 19.3 Å². The van der Waals surface area contributed by atoms with Crippen LogP contribution in [0.4, 0.5) is 21.0 Å². The Morgan fingerprint density at radius 2 is 1.01 bits per heavy atom. The first-order chi connectivity index (χ1) is 31.2. The van der Waals surface area contributed by atoms with E-state index in [2.05, 4.69) is 95.9 Å². The lowest BCUT2D eigenvalue weighted by Crippen LogP contribution is -2.59. The number of nitrogens with zero attached hydrogens (tertiary/aromatic N) is 8. The minimum absolute atomic E-state index is 0.0792. The van der Waals surface area contributed by atoms with E-state index in [1.54, 1.807) is 25.3 Å². The zero-order valence-corrected chi connectivity index (χ0v) is 44.3. The minimum Gasteiger partial charge on any atom is -0.494 e. The maximum Gasteiger partial charge on any atom is 0.410 e. The van der Waals surface area contributed by atoms with Gasteiger partial charge in [-0.25, -0.2) is 19.6 Å². The highest BCUT2D eigenvalue weighted by Gasteiger charge is 2.41. The lowest BCUT2D eigenvalue weighted by atomic mass is 10.1. The van der Waals surface area contributed by atoms with Crippen LogP contribution in [0.5, 0.6) is 11.5 Å². The zero-order valence-electron chi connectivity index (χ0n) is 43.3. The molecule has 67 heavy (non-hydrogen) atoms. The van der Waals surface area contributed by atoms with E-state index in [1.165, 1.54) is 0 Å². The highest BCUT2D eigenvalue weighted by atomic mass is 28.4. The molecule has 4 aromatic heterocycles. The summed E-state index contributed by atoms with van der Waals surface area (Å²) in [6.07, 6.45) is 2.97. The predicted molar refractivity (Wildman–Crippen MR) is 267 cm³/mol. The molecule has 0 saturated carbocycles. The topological polar surface area (TPSA) is 149 Å². The van der Waals surface area contributed by atoms with Crippen LogP contribution in [0, 0.1) is 27.7 Å². The van der Waals surface area contributed by atoms with Gasteiger partial charge in [-0.1, -0.05) is 20.8 Å². The molecule has 370 valence electrons. The van der Waals surface area contributed by atoms with Gasteiger partial charge in [0.1, 0.15) is 34.3 Å². The van der Waals surface area contributed by atoms with Crippen molar-refractivity contribution in [2.45, 2.75) is 131 Å². The van der Waals surface area contributed by atoms with Crippen molar-refractivity contribution in [2.24, 2.45) is 0 Å². The van der Waals surface area contributed by atoms with Crippen molar-refractivity contribution >= 4 is 31.9 Å². The second-order valence-corrected chi connectivity index (χ2v) is 25.9. The first kappa shape index (κ1) is 52.7. The summed E-state index contributed by atoms with van der Waals surface area (Å²) in [6.45, 7) is 34.2. The number of piperazine rings is 2. The number of methoxy groups -OCH3 is 2. The number of amides is 2. The van der Waals surface area contributed by atoms with Crippen molar-refractivity contribution in [1.82, 2.24) is 28.9 Å². The van der Waals surface area contributed by atoms with Crippen molar-refractivity contribution in [3.05, 3.63) is 71.6 Å². The third kappa shape index (κ3) is 12.8. The second kappa shape index (κ2) is 20.9. The fraction of sp³-hybridized carbons (Fsp3) is 0.600. The quantitative estimate of drug-likeness (QED) is 0.151. The largest absolute Gasteiger partial charge is 0.494 e. The van der Waals surface area contributed by atoms with E-state index in [4.69, 9.17) is 28.4 Å². The number of aliphatic hydroxyl groups is 1. The number of ether oxygens (including phenoxy) is 4. The number of aryl methyl sites for hydroxylation is 4. The molecule has 6 heterocycles. The van der Waals surface area contributed by atoms with Gasteiger partial charge in [0.2, 0.25) is 0 Å². The van der Waals surface area contributed by atoms with E-state index in [-0.39, 0.29) is 29.8 Å². The summed E-state index contributed by atoms with van der Waals surface area (Å²) >= 11 is 0. The fourth-order valence-corrected chi connectivity index (χ4v) is 9.08. The lowest BCUT2D eigenvalue weighted by Gasteiger charge is -2.44. The Labute approximate surface area is 400 Å². The number of aromatic nitrogens is 4. The van der Waals surface area contributed by atoms with Gasteiger partial charge < -0.3 is 47.4 Å². The van der Waals surface area contributed by atoms with Crippen LogP contribution in [0.1, 0.15) is 85.1 Å². The molecular weight excluding hydrogens is 869 g/mol. The van der Waals surface area contributed by atoms with Gasteiger partial charge in [-0.2, -0.15) is 0 Å². The molecule has 2 amide bonds. The summed E-state index contributed by atoms with van der Waals surface area (Å²) in [6, 6.07) is 11.7. The highest BCUT2D eigenvalue weighted by molar-refractivity contribution is 6.74. The van der Waals surface area contributed by atoms with Gasteiger partial charge in [0.25, 0.3) is 0 Å². The van der Waals surface area contributed by atoms with Gasteiger partial charge in [-0.15, -0.1) is 0 Å². The summed E-state index contributed by atoms with van der Waals surface area (Å²) in [5.41, 5.74) is 5.05. The van der Waals surface area contributed by atoms with Crippen LogP contribution in [0.3, 0.4) is 0 Å². The molecule has 2 atom stereocenters. The number of carbonyl (C=O) groups excluding carboxylic acids is 2. The molecule has 2 fully saturated rings. The number of rotatable bonds is 10. The van der Waals surface area contributed by atoms with Crippen molar-refractivity contribution in [2.75, 3.05) is 76.5 Å². The molecule has 4 aromatic rings. The molecule has 0 bridgehead atoms. The average molecular weight is 947 g/mol. The monoisotopic (exact) mass is 947 g/mol. The van der Waals surface area contributed by atoms with E-state index in [0.717, 1.165) is 51.5 Å². The van der Waals surface area contributed by atoms with E-state index >= 15 is 0 Å². The average Bonchev–Trinajstić information content (AvgIpc) is 3.77. The molecule has 6 rings (SSSR count). The molecular formula is C50H78N8O8Si. The standard InChI is InChI=1S/C28H46N4O4Si.C22H32N4O4/c1-20-12-13-21(2)32(20)25-16-24(34-9)23(17-29-25)30-14-15-31(26(33)36-27(3,4)5)22(18-30)19-35-37(10,11)28(6,7)8;1-15-7-8-16(2)26(15)20-11-19(29-6)18(12-23-20)24-9-10-25(17(13-24)14-27)21(28)30-22(3,4)5/h12-13,16-17,22H,14-15,18-19H2,1-11H3;7-8,11-12,17,27H,9-10,13-14H2,1-6H3/t22-;17-/m11/s1. The lowest BCUT2D eigenvalue weighted by molar-refractivity contribution is 0.00649. The van der Waals surface area contributed by atoms with Crippen molar-refractivity contribution in [1.29, 1.82) is 0 Å². The van der Waals surface area contributed by atoms with E-state index < -0.39 is 25.6 Å². The van der Waals surface area contributed by atoms with Crippen LogP contribution in [0.15, 0.2) is 48.8 Å². The van der Waals surface area contributed by atoms with Crippen molar-refractivity contribution in [3.63, 3.8) is 0 Å². The zero-order chi connectivity index (χ0) is 49.8. The number of anilines is 2. The van der Waals surface area contributed by atoms with Crippen LogP contribution in [0.25, 0.3) is 11.6 Å². The molecule has 1 N–H and O–H groups in total. The molecule has 0 unspecified atom stereocenters. The molecule has 17 heteroatoms. The Kier molecular flexibility index (Phi) is 16.5. The van der Waals surface area contributed by atoms with Gasteiger partial charge in [0, 0.05) is 74.2 Å². The van der Waals surface area contributed by atoms with Gasteiger partial charge in [0.05, 0.1) is 63.3 Å². The number of hydrogen-bond donors (Lipinski definition) is 1. The third-order valence-corrected chi connectivity index (χ3v) is 17.2. The molecule has 2 aliphatic rings. The maximum atomic E-state index is 13.2. The predicted octanol–water partition coefficient (Wildman–Crippen LogP) is 8.86. The van der Waals surface area contributed by atoms with Crippen molar-refractivity contribution < 1.29 is 38.1 Å². The molecule has 0 aliphatic carbocycles. The Morgan fingerprint density at radius 3 is 1.36 bits per heavy atom. The maximum absolute atomic E-state index is 13.2. The van der Waals surface area contributed by atoms with Gasteiger partial charge in [0.15, 0.2) is 8.32 Å². The number of pyridine rings is 2. The van der Waals surface area contributed by atoms with Crippen LogP contribution in [0.2, 0.25) is 18.1 Å². The molecule has 0 spiro atoms. The summed E-state index contributed by atoms with van der Waals surface area (Å²) < 4.78 is 33.5. The Hall–Kier alpha value is -5.26. The minimum atomic E-state index is -2.01. The molecule has 0 aromatic carbocycles. The summed E-state index contributed by atoms with van der Waals surface area (Å²) in [5.74, 6) is 3.08.